The number of carbonyl (C=O) groups is 2. The highest BCUT2D eigenvalue weighted by Gasteiger charge is 2.40. The highest BCUT2D eigenvalue weighted by atomic mass is 16.5. The van der Waals surface area contributed by atoms with Gasteiger partial charge in [0.15, 0.2) is 0 Å². The maximum absolute atomic E-state index is 11.8. The molecule has 2 saturated heterocycles. The van der Waals surface area contributed by atoms with Crippen molar-refractivity contribution in [2.45, 2.75) is 44.4 Å². The molecule has 2 aliphatic rings. The summed E-state index contributed by atoms with van der Waals surface area (Å²) in [4.78, 5) is 25.3. The van der Waals surface area contributed by atoms with Crippen molar-refractivity contribution >= 4 is 11.8 Å². The van der Waals surface area contributed by atoms with Crippen LogP contribution in [-0.4, -0.2) is 54.1 Å². The molecule has 0 aliphatic carbocycles. The summed E-state index contributed by atoms with van der Waals surface area (Å²) in [5.41, 5.74) is 1.58. The van der Waals surface area contributed by atoms with E-state index in [-0.39, 0.29) is 17.9 Å². The molecule has 0 bridgehead atoms. The average molecular weight is 270 g/mol. The Kier molecular flexibility index (Phi) is 4.07. The van der Waals surface area contributed by atoms with Crippen molar-refractivity contribution in [3.05, 3.63) is 0 Å². The summed E-state index contributed by atoms with van der Waals surface area (Å²) in [7, 11) is 0. The Morgan fingerprint density at radius 2 is 2.32 bits per heavy atom. The van der Waals surface area contributed by atoms with Crippen LogP contribution in [-0.2, 0) is 14.3 Å². The Bertz CT molecular complexity index is 372. The third kappa shape index (κ3) is 2.88. The number of carbonyl (C=O) groups excluding carboxylic acids is 2. The molecule has 0 radical (unpaired) electrons. The van der Waals surface area contributed by atoms with E-state index < -0.39 is 11.6 Å². The number of rotatable bonds is 3. The zero-order chi connectivity index (χ0) is 14.0. The van der Waals surface area contributed by atoms with Crippen LogP contribution in [0, 0.1) is 0 Å². The van der Waals surface area contributed by atoms with Crippen molar-refractivity contribution in [1.29, 1.82) is 0 Å². The quantitative estimate of drug-likeness (QED) is 0.338. The van der Waals surface area contributed by atoms with E-state index in [1.165, 1.54) is 0 Å². The lowest BCUT2D eigenvalue weighted by molar-refractivity contribution is -0.139. The summed E-state index contributed by atoms with van der Waals surface area (Å²) in [5, 5.41) is 2.86. The lowest BCUT2D eigenvalue weighted by atomic mass is 9.98. The number of nitrogens with two attached hydrogens (primary N) is 1. The molecular weight excluding hydrogens is 248 g/mol. The van der Waals surface area contributed by atoms with Gasteiger partial charge in [0, 0.05) is 19.6 Å². The van der Waals surface area contributed by atoms with E-state index in [0.29, 0.717) is 19.5 Å². The minimum Gasteiger partial charge on any atom is -0.364 e. The van der Waals surface area contributed by atoms with E-state index in [4.69, 9.17) is 10.6 Å². The van der Waals surface area contributed by atoms with Gasteiger partial charge in [0.2, 0.25) is 5.91 Å². The summed E-state index contributed by atoms with van der Waals surface area (Å²) in [6.45, 7) is 5.92. The predicted octanol–water partition coefficient (Wildman–Crippen LogP) is -1.27. The maximum Gasteiger partial charge on any atom is 0.263 e. The first kappa shape index (κ1) is 14.2. The summed E-state index contributed by atoms with van der Waals surface area (Å²) in [6.07, 6.45) is 1.00. The van der Waals surface area contributed by atoms with Crippen molar-refractivity contribution in [3.8, 4) is 0 Å². The van der Waals surface area contributed by atoms with Gasteiger partial charge in [-0.05, 0) is 26.7 Å². The van der Waals surface area contributed by atoms with Gasteiger partial charge in [0.05, 0.1) is 11.6 Å². The smallest absolute Gasteiger partial charge is 0.263 e. The van der Waals surface area contributed by atoms with Crippen molar-refractivity contribution in [1.82, 2.24) is 15.6 Å². The first-order chi connectivity index (χ1) is 8.95. The van der Waals surface area contributed by atoms with Gasteiger partial charge in [-0.3, -0.25) is 19.9 Å². The lowest BCUT2D eigenvalue weighted by Gasteiger charge is -2.42. The van der Waals surface area contributed by atoms with Gasteiger partial charge < -0.3 is 10.1 Å². The Morgan fingerprint density at radius 1 is 1.58 bits per heavy atom. The number of ether oxygens (including phenoxy) is 1. The summed E-state index contributed by atoms with van der Waals surface area (Å²) < 4.78 is 5.68. The van der Waals surface area contributed by atoms with Crippen molar-refractivity contribution in [2.75, 3.05) is 19.6 Å². The molecule has 2 heterocycles. The highest BCUT2D eigenvalue weighted by molar-refractivity contribution is 5.86. The van der Waals surface area contributed by atoms with E-state index in [1.807, 2.05) is 13.8 Å². The van der Waals surface area contributed by atoms with Crippen molar-refractivity contribution < 1.29 is 14.3 Å². The van der Waals surface area contributed by atoms with Gasteiger partial charge in [-0.1, -0.05) is 0 Å². The van der Waals surface area contributed by atoms with Crippen LogP contribution in [0.15, 0.2) is 0 Å². The standard InChI is InChI=1S/C12H22N4O3/c1-12(2)11(18)14-5-6-16(12)7-8-3-4-9(19-8)10(17)15-13/h8-9H,3-7,13H2,1-2H3,(H,14,18)(H,15,17). The van der Waals surface area contributed by atoms with Crippen molar-refractivity contribution in [2.24, 2.45) is 5.84 Å². The van der Waals surface area contributed by atoms with E-state index in [9.17, 15) is 9.59 Å². The molecule has 2 atom stereocenters. The molecule has 2 amide bonds. The second-order valence-corrected chi connectivity index (χ2v) is 5.59. The second-order valence-electron chi connectivity index (χ2n) is 5.59. The van der Waals surface area contributed by atoms with Crippen LogP contribution in [0.4, 0.5) is 0 Å². The fourth-order valence-corrected chi connectivity index (χ4v) is 2.63. The zero-order valence-corrected chi connectivity index (χ0v) is 11.4. The Labute approximate surface area is 112 Å². The van der Waals surface area contributed by atoms with Gasteiger partial charge in [0.1, 0.15) is 6.10 Å². The number of amides is 2. The molecule has 2 rings (SSSR count). The molecule has 0 aromatic heterocycles. The largest absolute Gasteiger partial charge is 0.364 e. The lowest BCUT2D eigenvalue weighted by Crippen LogP contribution is -2.63. The first-order valence-corrected chi connectivity index (χ1v) is 6.64. The monoisotopic (exact) mass is 270 g/mol. The molecule has 4 N–H and O–H groups in total. The van der Waals surface area contributed by atoms with Gasteiger partial charge in [-0.15, -0.1) is 0 Å². The molecule has 2 fully saturated rings. The minimum atomic E-state index is -0.532. The molecule has 2 aliphatic heterocycles. The molecule has 108 valence electrons. The fourth-order valence-electron chi connectivity index (χ4n) is 2.63. The van der Waals surface area contributed by atoms with Gasteiger partial charge in [-0.25, -0.2) is 5.84 Å². The summed E-state index contributed by atoms with van der Waals surface area (Å²) in [6, 6.07) is 0. The predicted molar refractivity (Wildman–Crippen MR) is 68.9 cm³/mol. The maximum atomic E-state index is 11.8. The topological polar surface area (TPSA) is 96.7 Å². The molecule has 7 heteroatoms. The summed E-state index contributed by atoms with van der Waals surface area (Å²) >= 11 is 0. The fraction of sp³-hybridized carbons (Fsp3) is 0.833. The molecule has 7 nitrogen and oxygen atoms in total. The normalized spacial score (nSPS) is 31.0. The molecule has 2 unspecified atom stereocenters. The molecular formula is C12H22N4O3. The van der Waals surface area contributed by atoms with E-state index in [2.05, 4.69) is 15.6 Å². The number of hydrogen-bond acceptors (Lipinski definition) is 5. The number of piperazine rings is 1. The van der Waals surface area contributed by atoms with Gasteiger partial charge in [0.25, 0.3) is 5.91 Å². The SMILES string of the molecule is CC1(C)C(=O)NCCN1CC1CCC(C(=O)NN)O1. The van der Waals surface area contributed by atoms with Crippen LogP contribution < -0.4 is 16.6 Å². The number of nitrogens with zero attached hydrogens (tertiary/aromatic N) is 1. The Hall–Kier alpha value is -1.18. The molecule has 0 spiro atoms. The third-order valence-corrected chi connectivity index (χ3v) is 3.98. The minimum absolute atomic E-state index is 0.0209. The highest BCUT2D eigenvalue weighted by Crippen LogP contribution is 2.24. The number of hydrazine groups is 1. The van der Waals surface area contributed by atoms with Crippen LogP contribution >= 0.6 is 0 Å². The molecule has 0 saturated carbocycles. The second kappa shape index (κ2) is 5.44. The van der Waals surface area contributed by atoms with E-state index in [1.54, 1.807) is 0 Å². The van der Waals surface area contributed by atoms with Crippen LogP contribution in [0.2, 0.25) is 0 Å². The number of hydrogen-bond donors (Lipinski definition) is 3. The third-order valence-electron chi connectivity index (χ3n) is 3.98. The van der Waals surface area contributed by atoms with Crippen LogP contribution in [0.1, 0.15) is 26.7 Å². The Balaban J connectivity index is 1.91. The van der Waals surface area contributed by atoms with E-state index >= 15 is 0 Å². The molecule has 19 heavy (non-hydrogen) atoms. The van der Waals surface area contributed by atoms with Crippen LogP contribution in [0.25, 0.3) is 0 Å². The van der Waals surface area contributed by atoms with Crippen LogP contribution in [0.3, 0.4) is 0 Å². The summed E-state index contributed by atoms with van der Waals surface area (Å²) in [5.74, 6) is 4.86. The van der Waals surface area contributed by atoms with Crippen molar-refractivity contribution in [3.63, 3.8) is 0 Å². The molecule has 0 aromatic carbocycles. The Morgan fingerprint density at radius 3 is 3.00 bits per heavy atom. The average Bonchev–Trinajstić information content (AvgIpc) is 2.83. The number of nitrogens with one attached hydrogen (secondary N) is 2. The first-order valence-electron chi connectivity index (χ1n) is 6.64. The van der Waals surface area contributed by atoms with Gasteiger partial charge >= 0.3 is 0 Å². The van der Waals surface area contributed by atoms with E-state index in [0.717, 1.165) is 13.0 Å². The molecule has 0 aromatic rings. The zero-order valence-electron chi connectivity index (χ0n) is 11.4. The van der Waals surface area contributed by atoms with Crippen LogP contribution in [0.5, 0.6) is 0 Å². The van der Waals surface area contributed by atoms with Gasteiger partial charge in [-0.2, -0.15) is 0 Å².